The van der Waals surface area contributed by atoms with Gasteiger partial charge in [0.2, 0.25) is 16.8 Å². The van der Waals surface area contributed by atoms with E-state index in [0.29, 0.717) is 15.0 Å². The summed E-state index contributed by atoms with van der Waals surface area (Å²) in [4.78, 5) is 17.2. The first-order chi connectivity index (χ1) is 12.6. The molecule has 8 heteroatoms. The van der Waals surface area contributed by atoms with Crippen molar-refractivity contribution >= 4 is 51.4 Å². The summed E-state index contributed by atoms with van der Waals surface area (Å²) in [5, 5.41) is 10.2. The van der Waals surface area contributed by atoms with E-state index in [-0.39, 0.29) is 18.3 Å². The predicted octanol–water partition coefficient (Wildman–Crippen LogP) is 4.95. The van der Waals surface area contributed by atoms with Crippen LogP contribution in [0, 0.1) is 0 Å². The quantitative estimate of drug-likeness (QED) is 0.525. The standard InChI is InChI=1S/C18H12Cl2N4OS/c19-12-6-7-14(20)13(9-12)15-10-26-18-22-17(23-24(15)18)21-16(25)8-11-4-2-1-3-5-11/h1-7,9-10H,8H2,(H,21,23,25). The van der Waals surface area contributed by atoms with E-state index in [0.717, 1.165) is 16.8 Å². The summed E-state index contributed by atoms with van der Waals surface area (Å²) in [5.74, 6) is 0.0916. The van der Waals surface area contributed by atoms with E-state index in [1.54, 1.807) is 22.7 Å². The maximum Gasteiger partial charge on any atom is 0.250 e. The number of fused-ring (bicyclic) bond motifs is 1. The SMILES string of the molecule is O=C(Cc1ccccc1)Nc1nc2scc(-c3cc(Cl)ccc3Cl)n2n1. The van der Waals surface area contributed by atoms with Crippen molar-refractivity contribution in [2.24, 2.45) is 0 Å². The van der Waals surface area contributed by atoms with Crippen LogP contribution in [0.3, 0.4) is 0 Å². The number of aromatic nitrogens is 3. The third-order valence-electron chi connectivity index (χ3n) is 3.74. The van der Waals surface area contributed by atoms with E-state index < -0.39 is 0 Å². The van der Waals surface area contributed by atoms with Crippen LogP contribution in [0.4, 0.5) is 5.95 Å². The lowest BCUT2D eigenvalue weighted by molar-refractivity contribution is -0.115. The minimum Gasteiger partial charge on any atom is -0.293 e. The Balaban J connectivity index is 1.60. The zero-order valence-electron chi connectivity index (χ0n) is 13.3. The van der Waals surface area contributed by atoms with Crippen molar-refractivity contribution in [3.63, 3.8) is 0 Å². The van der Waals surface area contributed by atoms with Crippen molar-refractivity contribution in [1.82, 2.24) is 14.6 Å². The molecule has 0 atom stereocenters. The van der Waals surface area contributed by atoms with E-state index in [1.165, 1.54) is 11.3 Å². The van der Waals surface area contributed by atoms with E-state index >= 15 is 0 Å². The smallest absolute Gasteiger partial charge is 0.250 e. The van der Waals surface area contributed by atoms with Gasteiger partial charge in [0, 0.05) is 16.0 Å². The molecule has 0 saturated carbocycles. The van der Waals surface area contributed by atoms with Crippen LogP contribution >= 0.6 is 34.5 Å². The molecule has 0 spiro atoms. The van der Waals surface area contributed by atoms with E-state index in [4.69, 9.17) is 23.2 Å². The van der Waals surface area contributed by atoms with Gasteiger partial charge in [-0.1, -0.05) is 53.5 Å². The summed E-state index contributed by atoms with van der Waals surface area (Å²) in [6, 6.07) is 14.8. The third kappa shape index (κ3) is 3.44. The maximum atomic E-state index is 12.2. The summed E-state index contributed by atoms with van der Waals surface area (Å²) in [5.41, 5.74) is 2.46. The van der Waals surface area contributed by atoms with Crippen LogP contribution in [0.2, 0.25) is 10.0 Å². The molecular formula is C18H12Cl2N4OS. The van der Waals surface area contributed by atoms with Crippen molar-refractivity contribution in [3.05, 3.63) is 69.5 Å². The Labute approximate surface area is 163 Å². The van der Waals surface area contributed by atoms with Crippen LogP contribution in [0.5, 0.6) is 0 Å². The summed E-state index contributed by atoms with van der Waals surface area (Å²) in [6.07, 6.45) is 0.265. The lowest BCUT2D eigenvalue weighted by Crippen LogP contribution is -2.15. The number of nitrogens with one attached hydrogen (secondary N) is 1. The molecule has 4 rings (SSSR count). The Kier molecular flexibility index (Phi) is 4.63. The van der Waals surface area contributed by atoms with E-state index in [1.807, 2.05) is 35.7 Å². The van der Waals surface area contributed by atoms with Crippen molar-refractivity contribution in [2.45, 2.75) is 6.42 Å². The summed E-state index contributed by atoms with van der Waals surface area (Å²) in [7, 11) is 0. The number of halogens is 2. The number of amides is 1. The molecule has 0 aliphatic heterocycles. The highest BCUT2D eigenvalue weighted by Gasteiger charge is 2.15. The number of anilines is 1. The maximum absolute atomic E-state index is 12.2. The van der Waals surface area contributed by atoms with Crippen LogP contribution in [-0.4, -0.2) is 20.5 Å². The highest BCUT2D eigenvalue weighted by molar-refractivity contribution is 7.15. The molecule has 0 radical (unpaired) electrons. The molecule has 0 aliphatic rings. The Morgan fingerprint density at radius 1 is 1.15 bits per heavy atom. The fourth-order valence-corrected chi connectivity index (χ4v) is 3.77. The molecule has 1 N–H and O–H groups in total. The molecule has 2 heterocycles. The van der Waals surface area contributed by atoms with Crippen LogP contribution in [0.15, 0.2) is 53.9 Å². The Bertz CT molecular complexity index is 1090. The first-order valence-corrected chi connectivity index (χ1v) is 9.37. The molecule has 26 heavy (non-hydrogen) atoms. The predicted molar refractivity (Wildman–Crippen MR) is 105 cm³/mol. The van der Waals surface area contributed by atoms with Crippen LogP contribution in [0.1, 0.15) is 5.56 Å². The first-order valence-electron chi connectivity index (χ1n) is 7.73. The van der Waals surface area contributed by atoms with Gasteiger partial charge in [-0.3, -0.25) is 10.1 Å². The number of benzene rings is 2. The summed E-state index contributed by atoms with van der Waals surface area (Å²) in [6.45, 7) is 0. The topological polar surface area (TPSA) is 59.3 Å². The number of nitrogens with zero attached hydrogens (tertiary/aromatic N) is 3. The summed E-state index contributed by atoms with van der Waals surface area (Å²) < 4.78 is 1.65. The average Bonchev–Trinajstić information content (AvgIpc) is 3.18. The van der Waals surface area contributed by atoms with Crippen LogP contribution in [-0.2, 0) is 11.2 Å². The van der Waals surface area contributed by atoms with Gasteiger partial charge in [-0.05, 0) is 23.8 Å². The second-order valence-corrected chi connectivity index (χ2v) is 7.27. The van der Waals surface area contributed by atoms with Crippen molar-refractivity contribution in [3.8, 4) is 11.3 Å². The minimum atomic E-state index is -0.170. The normalized spacial score (nSPS) is 11.0. The van der Waals surface area contributed by atoms with Crippen LogP contribution < -0.4 is 5.32 Å². The van der Waals surface area contributed by atoms with E-state index in [2.05, 4.69) is 15.4 Å². The first kappa shape index (κ1) is 17.0. The molecule has 0 unspecified atom stereocenters. The average molecular weight is 403 g/mol. The number of hydrogen-bond donors (Lipinski definition) is 1. The van der Waals surface area contributed by atoms with Gasteiger partial charge in [0.05, 0.1) is 17.1 Å². The van der Waals surface area contributed by atoms with Gasteiger partial charge in [0.25, 0.3) is 0 Å². The van der Waals surface area contributed by atoms with Gasteiger partial charge in [-0.15, -0.1) is 16.4 Å². The lowest BCUT2D eigenvalue weighted by Gasteiger charge is -2.03. The number of carbonyl (C=O) groups excluding carboxylic acids is 1. The molecule has 2 aromatic heterocycles. The Morgan fingerprint density at radius 3 is 2.77 bits per heavy atom. The number of thiazole rings is 1. The van der Waals surface area contributed by atoms with Gasteiger partial charge in [0.1, 0.15) is 0 Å². The molecule has 2 aromatic carbocycles. The second kappa shape index (κ2) is 7.07. The molecular weight excluding hydrogens is 391 g/mol. The second-order valence-electron chi connectivity index (χ2n) is 5.59. The highest BCUT2D eigenvalue weighted by atomic mass is 35.5. The zero-order valence-corrected chi connectivity index (χ0v) is 15.6. The van der Waals surface area contributed by atoms with Gasteiger partial charge in [-0.2, -0.15) is 4.98 Å². The minimum absolute atomic E-state index is 0.170. The monoisotopic (exact) mass is 402 g/mol. The van der Waals surface area contributed by atoms with E-state index in [9.17, 15) is 4.79 Å². The largest absolute Gasteiger partial charge is 0.293 e. The Hall–Kier alpha value is -2.41. The van der Waals surface area contributed by atoms with Gasteiger partial charge in [-0.25, -0.2) is 4.52 Å². The third-order valence-corrected chi connectivity index (χ3v) is 5.13. The molecule has 0 bridgehead atoms. The molecule has 0 saturated heterocycles. The summed E-state index contributed by atoms with van der Waals surface area (Å²) >= 11 is 13.8. The van der Waals surface area contributed by atoms with Crippen LogP contribution in [0.25, 0.3) is 16.2 Å². The molecule has 4 aromatic rings. The number of rotatable bonds is 4. The number of hydrogen-bond acceptors (Lipinski definition) is 4. The fourth-order valence-electron chi connectivity index (χ4n) is 2.56. The molecule has 0 fully saturated rings. The fraction of sp³-hybridized carbons (Fsp3) is 0.0556. The van der Waals surface area contributed by atoms with Crippen molar-refractivity contribution < 1.29 is 4.79 Å². The van der Waals surface area contributed by atoms with Crippen molar-refractivity contribution in [1.29, 1.82) is 0 Å². The number of carbonyl (C=O) groups is 1. The molecule has 130 valence electrons. The molecule has 5 nitrogen and oxygen atoms in total. The molecule has 1 amide bonds. The van der Waals surface area contributed by atoms with Gasteiger partial charge < -0.3 is 0 Å². The zero-order chi connectivity index (χ0) is 18.1. The lowest BCUT2D eigenvalue weighted by atomic mass is 10.1. The van der Waals surface area contributed by atoms with Gasteiger partial charge in [0.15, 0.2) is 0 Å². The highest BCUT2D eigenvalue weighted by Crippen LogP contribution is 2.33. The molecule has 0 aliphatic carbocycles. The van der Waals surface area contributed by atoms with Crippen molar-refractivity contribution in [2.75, 3.05) is 5.32 Å². The van der Waals surface area contributed by atoms with Gasteiger partial charge >= 0.3 is 0 Å². The Morgan fingerprint density at radius 2 is 1.96 bits per heavy atom.